The van der Waals surface area contributed by atoms with Gasteiger partial charge in [-0.2, -0.15) is 0 Å². The smallest absolute Gasteiger partial charge is 0.253 e. The molecule has 0 radical (unpaired) electrons. The molecular formula is C29H40N2O4. The minimum Gasteiger partial charge on any atom is -0.490 e. The topological polar surface area (TPSA) is 78.9 Å². The molecule has 2 amide bonds. The number of carbonyl (C=O) groups is 2. The van der Waals surface area contributed by atoms with Crippen molar-refractivity contribution in [3.05, 3.63) is 29.8 Å². The van der Waals surface area contributed by atoms with Crippen LogP contribution in [0.1, 0.15) is 87.4 Å². The molecule has 1 aromatic carbocycles. The van der Waals surface area contributed by atoms with Crippen molar-refractivity contribution >= 4 is 11.8 Å². The quantitative estimate of drug-likeness (QED) is 0.636. The Bertz CT molecular complexity index is 952. The number of rotatable bonds is 6. The van der Waals surface area contributed by atoms with Crippen LogP contribution < -0.4 is 10.1 Å². The second-order valence-electron chi connectivity index (χ2n) is 12.3. The zero-order valence-corrected chi connectivity index (χ0v) is 21.0. The summed E-state index contributed by atoms with van der Waals surface area (Å²) >= 11 is 0. The van der Waals surface area contributed by atoms with Gasteiger partial charge in [-0.1, -0.05) is 0 Å². The molecule has 2 N–H and O–H groups in total. The number of aliphatic hydroxyl groups is 1. The van der Waals surface area contributed by atoms with E-state index in [-0.39, 0.29) is 35.9 Å². The zero-order chi connectivity index (χ0) is 24.2. The van der Waals surface area contributed by atoms with Crippen LogP contribution in [0.4, 0.5) is 0 Å². The lowest BCUT2D eigenvalue weighted by atomic mass is 9.77. The van der Waals surface area contributed by atoms with Crippen molar-refractivity contribution in [3.8, 4) is 5.75 Å². The fourth-order valence-corrected chi connectivity index (χ4v) is 7.79. The van der Waals surface area contributed by atoms with Crippen molar-refractivity contribution in [2.24, 2.45) is 23.7 Å². The summed E-state index contributed by atoms with van der Waals surface area (Å²) in [5.41, 5.74) is 0.218. The van der Waals surface area contributed by atoms with Crippen LogP contribution in [0, 0.1) is 23.7 Å². The molecule has 6 nitrogen and oxygen atoms in total. The van der Waals surface area contributed by atoms with E-state index in [2.05, 4.69) is 5.32 Å². The number of nitrogens with one attached hydrogen (secondary N) is 1. The van der Waals surface area contributed by atoms with Crippen LogP contribution in [0.3, 0.4) is 0 Å². The van der Waals surface area contributed by atoms with Gasteiger partial charge >= 0.3 is 0 Å². The van der Waals surface area contributed by atoms with Crippen LogP contribution in [0.15, 0.2) is 24.3 Å². The third-order valence-electron chi connectivity index (χ3n) is 9.72. The first-order valence-electron chi connectivity index (χ1n) is 13.9. The van der Waals surface area contributed by atoms with Gasteiger partial charge in [0.05, 0.1) is 11.7 Å². The second-order valence-corrected chi connectivity index (χ2v) is 12.3. The van der Waals surface area contributed by atoms with Gasteiger partial charge in [0, 0.05) is 30.6 Å². The molecule has 0 heterocycles. The first-order chi connectivity index (χ1) is 16.9. The number of nitrogens with zero attached hydrogens (tertiary/aromatic N) is 1. The molecule has 0 saturated heterocycles. The number of fused-ring (bicyclic) bond motifs is 2. The summed E-state index contributed by atoms with van der Waals surface area (Å²) in [4.78, 5) is 27.3. The van der Waals surface area contributed by atoms with Crippen molar-refractivity contribution in [3.63, 3.8) is 0 Å². The Hall–Kier alpha value is -2.08. The van der Waals surface area contributed by atoms with E-state index in [0.29, 0.717) is 23.3 Å². The van der Waals surface area contributed by atoms with E-state index >= 15 is 0 Å². The van der Waals surface area contributed by atoms with Crippen LogP contribution in [-0.4, -0.2) is 52.7 Å². The van der Waals surface area contributed by atoms with E-state index in [4.69, 9.17) is 4.74 Å². The number of ether oxygens (including phenoxy) is 1. The number of amides is 2. The molecule has 6 rings (SSSR count). The van der Waals surface area contributed by atoms with E-state index in [1.807, 2.05) is 36.2 Å². The summed E-state index contributed by atoms with van der Waals surface area (Å²) in [7, 11) is 1.95. The summed E-state index contributed by atoms with van der Waals surface area (Å²) in [5, 5.41) is 14.2. The standard InChI is InChI=1S/C29H40N2O4/c1-31(26-13-2-18-14-21-16-29(34,15-18)17-25(21)26)28(33)20-5-9-23(10-6-20)35-24-11-7-22(8-12-24)30-27(32)19-3-4-19/h5-6,9-10,18-19,21-22,24-26,34H,2-4,7-8,11-17H2,1H3,(H,30,32)/t18?,21-,22?,24?,25?,26?,29?/m1/s1. The molecule has 0 aromatic heterocycles. The van der Waals surface area contributed by atoms with Gasteiger partial charge < -0.3 is 20.1 Å². The molecule has 190 valence electrons. The Morgan fingerprint density at radius 3 is 2.43 bits per heavy atom. The molecule has 6 heteroatoms. The maximum atomic E-state index is 13.4. The van der Waals surface area contributed by atoms with Crippen molar-refractivity contribution in [2.45, 2.75) is 101 Å². The number of benzene rings is 1. The van der Waals surface area contributed by atoms with Gasteiger partial charge in [0.1, 0.15) is 5.75 Å². The van der Waals surface area contributed by atoms with Crippen molar-refractivity contribution in [1.29, 1.82) is 0 Å². The van der Waals surface area contributed by atoms with Crippen molar-refractivity contribution in [1.82, 2.24) is 10.2 Å². The lowest BCUT2D eigenvalue weighted by Gasteiger charge is -2.36. The van der Waals surface area contributed by atoms with E-state index in [1.165, 1.54) is 6.42 Å². The molecule has 5 fully saturated rings. The monoisotopic (exact) mass is 480 g/mol. The van der Waals surface area contributed by atoms with Gasteiger partial charge in [-0.15, -0.1) is 0 Å². The Balaban J connectivity index is 1.03. The molecule has 5 atom stereocenters. The van der Waals surface area contributed by atoms with Crippen LogP contribution in [0.25, 0.3) is 0 Å². The van der Waals surface area contributed by atoms with Gasteiger partial charge in [-0.25, -0.2) is 0 Å². The molecular weight excluding hydrogens is 440 g/mol. The molecule has 5 aliphatic rings. The maximum absolute atomic E-state index is 13.4. The van der Waals surface area contributed by atoms with Gasteiger partial charge in [-0.05, 0) is 119 Å². The third kappa shape index (κ3) is 4.83. The molecule has 5 saturated carbocycles. The zero-order valence-electron chi connectivity index (χ0n) is 21.0. The second kappa shape index (κ2) is 9.10. The van der Waals surface area contributed by atoms with Crippen molar-refractivity contribution < 1.29 is 19.4 Å². The summed E-state index contributed by atoms with van der Waals surface area (Å²) in [5.74, 6) is 2.99. The predicted molar refractivity (Wildman–Crippen MR) is 133 cm³/mol. The SMILES string of the molecule is CN(C(=O)c1ccc(OC2CCC(NC(=O)C3CC3)CC2)cc1)C1CCC2C[C@@H]3CC(O)(C2)CC13. The molecule has 1 aromatic rings. The Morgan fingerprint density at radius 1 is 0.971 bits per heavy atom. The van der Waals surface area contributed by atoms with E-state index < -0.39 is 5.60 Å². The first-order valence-corrected chi connectivity index (χ1v) is 13.9. The van der Waals surface area contributed by atoms with Crippen LogP contribution in [0.5, 0.6) is 5.75 Å². The van der Waals surface area contributed by atoms with Crippen LogP contribution >= 0.6 is 0 Å². The van der Waals surface area contributed by atoms with Gasteiger partial charge in [0.25, 0.3) is 5.91 Å². The molecule has 5 aliphatic carbocycles. The molecule has 35 heavy (non-hydrogen) atoms. The lowest BCUT2D eigenvalue weighted by Crippen LogP contribution is -2.43. The van der Waals surface area contributed by atoms with Crippen molar-refractivity contribution in [2.75, 3.05) is 7.05 Å². The highest BCUT2D eigenvalue weighted by atomic mass is 16.5. The maximum Gasteiger partial charge on any atom is 0.253 e. The minimum absolute atomic E-state index is 0.0710. The summed E-state index contributed by atoms with van der Waals surface area (Å²) in [6.07, 6.45) is 12.2. The summed E-state index contributed by atoms with van der Waals surface area (Å²) in [6.45, 7) is 0. The number of carbonyl (C=O) groups excluding carboxylic acids is 2. The summed E-state index contributed by atoms with van der Waals surface area (Å²) in [6, 6.07) is 8.14. The highest BCUT2D eigenvalue weighted by Crippen LogP contribution is 2.56. The Morgan fingerprint density at radius 2 is 1.71 bits per heavy atom. The third-order valence-corrected chi connectivity index (χ3v) is 9.72. The fraction of sp³-hybridized carbons (Fsp3) is 0.724. The first kappa shape index (κ1) is 23.3. The highest BCUT2D eigenvalue weighted by molar-refractivity contribution is 5.94. The van der Waals surface area contributed by atoms with E-state index in [9.17, 15) is 14.7 Å². The molecule has 3 bridgehead atoms. The predicted octanol–water partition coefficient (Wildman–Crippen LogP) is 4.30. The Kier molecular flexibility index (Phi) is 6.06. The lowest BCUT2D eigenvalue weighted by molar-refractivity contribution is -0.123. The van der Waals surface area contributed by atoms with Gasteiger partial charge in [0.15, 0.2) is 0 Å². The molecule has 0 spiro atoms. The highest BCUT2D eigenvalue weighted by Gasteiger charge is 2.54. The van der Waals surface area contributed by atoms with Gasteiger partial charge in [-0.3, -0.25) is 9.59 Å². The minimum atomic E-state index is -0.484. The van der Waals surface area contributed by atoms with Gasteiger partial charge in [0.2, 0.25) is 5.91 Å². The molecule has 4 unspecified atom stereocenters. The average molecular weight is 481 g/mol. The summed E-state index contributed by atoms with van der Waals surface area (Å²) < 4.78 is 6.22. The largest absolute Gasteiger partial charge is 0.490 e. The molecule has 0 aliphatic heterocycles. The van der Waals surface area contributed by atoms with Crippen LogP contribution in [0.2, 0.25) is 0 Å². The average Bonchev–Trinajstić information content (AvgIpc) is 3.67. The van der Waals surface area contributed by atoms with Crippen LogP contribution in [-0.2, 0) is 4.79 Å². The fourth-order valence-electron chi connectivity index (χ4n) is 7.79. The van der Waals surface area contributed by atoms with E-state index in [0.717, 1.165) is 76.4 Å². The van der Waals surface area contributed by atoms with E-state index in [1.54, 1.807) is 0 Å². The Labute approximate surface area is 208 Å². The number of hydrogen-bond acceptors (Lipinski definition) is 4. The number of hydrogen-bond donors (Lipinski definition) is 2. The normalized spacial score (nSPS) is 38.0.